The molecule has 9 nitrogen and oxygen atoms in total. The lowest BCUT2D eigenvalue weighted by Gasteiger charge is -2.28. The van der Waals surface area contributed by atoms with E-state index in [4.69, 9.17) is 9.47 Å². The van der Waals surface area contributed by atoms with Gasteiger partial charge in [0.15, 0.2) is 0 Å². The number of carbonyl (C=O) groups excluding carboxylic acids is 4. The highest BCUT2D eigenvalue weighted by Crippen LogP contribution is 2.27. The third kappa shape index (κ3) is 4.30. The van der Waals surface area contributed by atoms with Crippen LogP contribution >= 0.6 is 0 Å². The van der Waals surface area contributed by atoms with E-state index in [1.54, 1.807) is 38.2 Å². The van der Waals surface area contributed by atoms with Gasteiger partial charge in [-0.1, -0.05) is 6.07 Å². The zero-order valence-electron chi connectivity index (χ0n) is 16.0. The van der Waals surface area contributed by atoms with Crippen molar-refractivity contribution in [1.82, 2.24) is 10.3 Å². The number of benzene rings is 1. The van der Waals surface area contributed by atoms with Crippen molar-refractivity contribution in [2.75, 3.05) is 18.5 Å². The molecule has 150 valence electrons. The highest BCUT2D eigenvalue weighted by molar-refractivity contribution is 6.07. The van der Waals surface area contributed by atoms with Gasteiger partial charge in [-0.05, 0) is 31.5 Å². The summed E-state index contributed by atoms with van der Waals surface area (Å²) in [6.45, 7) is 4.68. The molecule has 0 bridgehead atoms. The molecule has 2 amide bonds. The maximum absolute atomic E-state index is 12.6. The number of aromatic nitrogens is 1. The van der Waals surface area contributed by atoms with E-state index in [-0.39, 0.29) is 32.0 Å². The van der Waals surface area contributed by atoms with Crippen molar-refractivity contribution in [3.63, 3.8) is 0 Å². The van der Waals surface area contributed by atoms with Crippen molar-refractivity contribution in [2.45, 2.75) is 32.7 Å². The summed E-state index contributed by atoms with van der Waals surface area (Å²) >= 11 is 0. The first kappa shape index (κ1) is 20.9. The Bertz CT molecular complexity index is 871. The Labute approximate surface area is 161 Å². The minimum atomic E-state index is -2.00. The van der Waals surface area contributed by atoms with Crippen LogP contribution < -0.4 is 10.6 Å². The molecule has 0 saturated carbocycles. The maximum atomic E-state index is 12.6. The van der Waals surface area contributed by atoms with Gasteiger partial charge in [-0.25, -0.2) is 9.59 Å². The van der Waals surface area contributed by atoms with Gasteiger partial charge < -0.3 is 25.1 Å². The predicted octanol–water partition coefficient (Wildman–Crippen LogP) is 1.28. The summed E-state index contributed by atoms with van der Waals surface area (Å²) in [5, 5.41) is 5.71. The van der Waals surface area contributed by atoms with Crippen molar-refractivity contribution in [3.05, 3.63) is 30.0 Å². The number of esters is 2. The van der Waals surface area contributed by atoms with Crippen molar-refractivity contribution in [1.29, 1.82) is 0 Å². The molecule has 3 N–H and O–H groups in total. The monoisotopic (exact) mass is 389 g/mol. The van der Waals surface area contributed by atoms with Crippen molar-refractivity contribution in [2.24, 2.45) is 0 Å². The van der Waals surface area contributed by atoms with Gasteiger partial charge in [0.2, 0.25) is 17.9 Å². The fourth-order valence-electron chi connectivity index (χ4n) is 2.90. The second kappa shape index (κ2) is 9.03. The average Bonchev–Trinajstić information content (AvgIpc) is 3.03. The standard InChI is InChI=1S/C19H23N3O6/c1-4-27-17(25)19(21-11-23,18(26)28-5-2)9-13-10-20-16-8-14(22-12(3)24)6-7-15(13)16/h6-8,10-11,20H,4-5,9H2,1-3H3,(H,21,23)(H,22,24). The number of carbonyl (C=O) groups is 4. The number of ether oxygens (including phenoxy) is 2. The van der Waals surface area contributed by atoms with E-state index in [1.165, 1.54) is 6.92 Å². The van der Waals surface area contributed by atoms with E-state index in [1.807, 2.05) is 0 Å². The van der Waals surface area contributed by atoms with Gasteiger partial charge in [0.25, 0.3) is 0 Å². The minimum Gasteiger partial charge on any atom is -0.464 e. The Morgan fingerprint density at radius 3 is 2.32 bits per heavy atom. The summed E-state index contributed by atoms with van der Waals surface area (Å²) in [4.78, 5) is 50.7. The first-order valence-corrected chi connectivity index (χ1v) is 8.81. The summed E-state index contributed by atoms with van der Waals surface area (Å²) in [6, 6.07) is 5.17. The van der Waals surface area contributed by atoms with Gasteiger partial charge in [0.1, 0.15) is 0 Å². The number of fused-ring (bicyclic) bond motifs is 1. The molecule has 0 radical (unpaired) electrons. The zero-order valence-corrected chi connectivity index (χ0v) is 16.0. The Balaban J connectivity index is 2.47. The van der Waals surface area contributed by atoms with E-state index in [0.717, 1.165) is 5.39 Å². The molecule has 1 aromatic heterocycles. The summed E-state index contributed by atoms with van der Waals surface area (Å²) in [6.07, 6.45) is 1.74. The molecular weight excluding hydrogens is 366 g/mol. The van der Waals surface area contributed by atoms with Gasteiger partial charge in [-0.15, -0.1) is 0 Å². The van der Waals surface area contributed by atoms with E-state index in [0.29, 0.717) is 16.8 Å². The van der Waals surface area contributed by atoms with E-state index >= 15 is 0 Å². The molecule has 0 fully saturated rings. The molecule has 2 rings (SSSR count). The topological polar surface area (TPSA) is 127 Å². The summed E-state index contributed by atoms with van der Waals surface area (Å²) in [5.74, 6) is -2.00. The van der Waals surface area contributed by atoms with E-state index in [9.17, 15) is 19.2 Å². The number of hydrogen-bond acceptors (Lipinski definition) is 6. The third-order valence-electron chi connectivity index (χ3n) is 4.10. The number of anilines is 1. The van der Waals surface area contributed by atoms with E-state index in [2.05, 4.69) is 15.6 Å². The lowest BCUT2D eigenvalue weighted by Crippen LogP contribution is -2.60. The Hall–Kier alpha value is -3.36. The quantitative estimate of drug-likeness (QED) is 0.337. The largest absolute Gasteiger partial charge is 0.464 e. The number of aromatic amines is 1. The molecule has 0 aliphatic heterocycles. The van der Waals surface area contributed by atoms with Crippen LogP contribution in [0.15, 0.2) is 24.4 Å². The summed E-state index contributed by atoms with van der Waals surface area (Å²) in [5.41, 5.74) is -0.116. The van der Waals surface area contributed by atoms with Gasteiger partial charge in [-0.3, -0.25) is 9.59 Å². The second-order valence-electron chi connectivity index (χ2n) is 6.04. The number of hydrogen-bond donors (Lipinski definition) is 3. The first-order chi connectivity index (χ1) is 13.4. The third-order valence-corrected chi connectivity index (χ3v) is 4.10. The number of H-pyrrole nitrogens is 1. The van der Waals surface area contributed by atoms with Crippen LogP contribution in [0.1, 0.15) is 26.3 Å². The molecule has 0 unspecified atom stereocenters. The first-order valence-electron chi connectivity index (χ1n) is 8.81. The van der Waals surface area contributed by atoms with Gasteiger partial charge in [-0.2, -0.15) is 0 Å². The molecule has 9 heteroatoms. The normalized spacial score (nSPS) is 11.0. The second-order valence-corrected chi connectivity index (χ2v) is 6.04. The number of rotatable bonds is 9. The molecule has 0 atom stereocenters. The number of nitrogens with one attached hydrogen (secondary N) is 3. The van der Waals surface area contributed by atoms with Crippen LogP contribution in [0.25, 0.3) is 10.9 Å². The number of amides is 2. The molecular formula is C19H23N3O6. The Kier molecular flexibility index (Phi) is 6.75. The van der Waals surface area contributed by atoms with Crippen LogP contribution in [-0.2, 0) is 35.1 Å². The smallest absolute Gasteiger partial charge is 0.344 e. The zero-order chi connectivity index (χ0) is 20.7. The molecule has 1 heterocycles. The Morgan fingerprint density at radius 2 is 1.79 bits per heavy atom. The van der Waals surface area contributed by atoms with Crippen molar-refractivity contribution >= 4 is 40.8 Å². The lowest BCUT2D eigenvalue weighted by atomic mass is 9.90. The van der Waals surface area contributed by atoms with Crippen LogP contribution in [0, 0.1) is 0 Å². The van der Waals surface area contributed by atoms with Gasteiger partial charge >= 0.3 is 11.9 Å². The highest BCUT2D eigenvalue weighted by atomic mass is 16.6. The molecule has 28 heavy (non-hydrogen) atoms. The molecule has 0 aliphatic rings. The van der Waals surface area contributed by atoms with Crippen LogP contribution in [0.2, 0.25) is 0 Å². The van der Waals surface area contributed by atoms with Crippen molar-refractivity contribution < 1.29 is 28.7 Å². The summed E-state index contributed by atoms with van der Waals surface area (Å²) in [7, 11) is 0. The molecule has 2 aromatic rings. The maximum Gasteiger partial charge on any atom is 0.344 e. The van der Waals surface area contributed by atoms with Crippen LogP contribution in [0.4, 0.5) is 5.69 Å². The molecule has 1 aromatic carbocycles. The fourth-order valence-corrected chi connectivity index (χ4v) is 2.90. The van der Waals surface area contributed by atoms with Crippen LogP contribution in [-0.4, -0.2) is 48.0 Å². The van der Waals surface area contributed by atoms with Crippen LogP contribution in [0.3, 0.4) is 0 Å². The molecule has 0 saturated heterocycles. The Morgan fingerprint density at radius 1 is 1.14 bits per heavy atom. The van der Waals surface area contributed by atoms with Gasteiger partial charge in [0, 0.05) is 36.1 Å². The SMILES string of the molecule is CCOC(=O)C(Cc1c[nH]c2cc(NC(C)=O)ccc12)(NC=O)C(=O)OCC. The lowest BCUT2D eigenvalue weighted by molar-refractivity contribution is -0.167. The minimum absolute atomic E-state index is 0.0362. The fraction of sp³-hybridized carbons (Fsp3) is 0.368. The predicted molar refractivity (Wildman–Crippen MR) is 102 cm³/mol. The molecule has 0 spiro atoms. The van der Waals surface area contributed by atoms with Crippen LogP contribution in [0.5, 0.6) is 0 Å². The average molecular weight is 389 g/mol. The van der Waals surface area contributed by atoms with Crippen molar-refractivity contribution in [3.8, 4) is 0 Å². The van der Waals surface area contributed by atoms with Gasteiger partial charge in [0.05, 0.1) is 13.2 Å². The molecule has 0 aliphatic carbocycles. The summed E-state index contributed by atoms with van der Waals surface area (Å²) < 4.78 is 10.1. The van der Waals surface area contributed by atoms with E-state index < -0.39 is 17.5 Å². The highest BCUT2D eigenvalue weighted by Gasteiger charge is 2.49.